The molecule has 29 unspecified atom stereocenters. The van der Waals surface area contributed by atoms with Gasteiger partial charge in [-0.2, -0.15) is 0 Å². The number of amides is 1. The van der Waals surface area contributed by atoms with Crippen LogP contribution in [0.25, 0.3) is 0 Å². The number of carbonyl (C=O) groups excluding carboxylic acids is 2. The minimum atomic E-state index is -2.53. The van der Waals surface area contributed by atoms with Crippen LogP contribution in [0.1, 0.15) is 186 Å². The van der Waals surface area contributed by atoms with Gasteiger partial charge in [-0.25, -0.2) is 0 Å². The van der Waals surface area contributed by atoms with Crippen LogP contribution in [0.2, 0.25) is 0 Å². The summed E-state index contributed by atoms with van der Waals surface area (Å²) in [5.41, 5.74) is 0.229. The zero-order valence-electron chi connectivity index (χ0n) is 55.1. The number of ketones is 1. The average molecular weight is 1290 g/mol. The van der Waals surface area contributed by atoms with Crippen LogP contribution in [0.15, 0.2) is 23.0 Å². The predicted molar refractivity (Wildman–Crippen MR) is 330 cm³/mol. The van der Waals surface area contributed by atoms with Crippen molar-refractivity contribution in [3.63, 3.8) is 0 Å². The highest BCUT2D eigenvalue weighted by molar-refractivity contribution is 6.26. The van der Waals surface area contributed by atoms with Crippen molar-refractivity contribution in [2.24, 2.45) is 41.4 Å². The fourth-order valence-electron chi connectivity index (χ4n) is 12.1. The summed E-state index contributed by atoms with van der Waals surface area (Å²) in [5.74, 6) is -6.89. The molecule has 29 atom stereocenters. The molecule has 0 aromatic carbocycles. The van der Waals surface area contributed by atoms with Crippen molar-refractivity contribution in [1.29, 1.82) is 0 Å². The molecule has 21 N–H and O–H groups in total. The Bertz CT molecular complexity index is 2050. The van der Waals surface area contributed by atoms with E-state index in [1.165, 1.54) is 11.9 Å². The predicted octanol–water partition coefficient (Wildman–Crippen LogP) is -0.141. The van der Waals surface area contributed by atoms with Crippen LogP contribution in [0, 0.1) is 41.4 Å². The number of ether oxygens (including phenoxy) is 1. The number of aliphatic hydroxyl groups excluding tert-OH is 20. The normalized spacial score (nSPS) is 28.8. The lowest BCUT2D eigenvalue weighted by Gasteiger charge is -2.47. The van der Waals surface area contributed by atoms with Gasteiger partial charge in [-0.15, -0.1) is 0 Å². The van der Waals surface area contributed by atoms with E-state index in [1.54, 1.807) is 68.4 Å². The Kier molecular flexibility index (Phi) is 38.1. The minimum Gasteiger partial charge on any atom is -0.507 e. The third kappa shape index (κ3) is 25.7. The molecule has 1 amide bonds. The summed E-state index contributed by atoms with van der Waals surface area (Å²) in [4.78, 5) is 26.0. The number of Topliss-reactive ketones (excluding diaryl/α,β-unsaturated/α-hetero) is 1. The topological polar surface area (TPSA) is 471 Å². The Morgan fingerprint density at radius 3 is 1.54 bits per heavy atom. The Labute approximate surface area is 527 Å². The molecule has 0 aromatic heterocycles. The first-order valence-electron chi connectivity index (χ1n) is 32.4. The van der Waals surface area contributed by atoms with Gasteiger partial charge >= 0.3 is 0 Å². The second-order valence-corrected chi connectivity index (χ2v) is 26.7. The Balaban J connectivity index is 0.000000942. The van der Waals surface area contributed by atoms with Crippen molar-refractivity contribution in [3.05, 3.63) is 23.0 Å². The van der Waals surface area contributed by atoms with Gasteiger partial charge in [0, 0.05) is 55.9 Å². The maximum atomic E-state index is 12.4. The van der Waals surface area contributed by atoms with E-state index in [4.69, 9.17) is 4.74 Å². The van der Waals surface area contributed by atoms with E-state index in [1.807, 2.05) is 13.8 Å². The first-order chi connectivity index (χ1) is 41.1. The van der Waals surface area contributed by atoms with Gasteiger partial charge in [0.15, 0.2) is 11.6 Å². The number of rotatable bonds is 40. The van der Waals surface area contributed by atoms with Crippen LogP contribution in [0.4, 0.5) is 0 Å². The Morgan fingerprint density at radius 1 is 0.551 bits per heavy atom. The summed E-state index contributed by atoms with van der Waals surface area (Å²) >= 11 is 0. The van der Waals surface area contributed by atoms with E-state index >= 15 is 0 Å². The number of hydrogen-bond donors (Lipinski definition) is 21. The monoisotopic (exact) mass is 1290 g/mol. The van der Waals surface area contributed by atoms with E-state index in [0.29, 0.717) is 24.8 Å². The molecule has 2 saturated heterocycles. The van der Waals surface area contributed by atoms with Gasteiger partial charge < -0.3 is 117 Å². The van der Waals surface area contributed by atoms with E-state index in [9.17, 15) is 117 Å². The zero-order chi connectivity index (χ0) is 68.9. The second-order valence-electron chi connectivity index (χ2n) is 26.7. The summed E-state index contributed by atoms with van der Waals surface area (Å²) in [7, 11) is 1.52. The van der Waals surface area contributed by atoms with E-state index in [-0.39, 0.29) is 48.9 Å². The van der Waals surface area contributed by atoms with Crippen LogP contribution >= 0.6 is 0 Å². The molecule has 89 heavy (non-hydrogen) atoms. The van der Waals surface area contributed by atoms with Crippen LogP contribution in [-0.4, -0.2) is 265 Å². The van der Waals surface area contributed by atoms with Crippen molar-refractivity contribution in [2.45, 2.75) is 320 Å². The number of nitrogens with zero attached hydrogens (tertiary/aromatic N) is 1. The fraction of sp³-hybridized carbons (Fsp3) is 0.906. The molecule has 2 heterocycles. The largest absolute Gasteiger partial charge is 0.507 e. The van der Waals surface area contributed by atoms with Gasteiger partial charge in [-0.05, 0) is 76.7 Å². The summed E-state index contributed by atoms with van der Waals surface area (Å²) < 4.78 is 5.46. The van der Waals surface area contributed by atoms with Crippen LogP contribution in [0.3, 0.4) is 0 Å². The van der Waals surface area contributed by atoms with Gasteiger partial charge in [0.25, 0.3) is 5.91 Å². The Hall–Kier alpha value is -2.42. The lowest BCUT2D eigenvalue weighted by molar-refractivity contribution is -0.356. The lowest BCUT2D eigenvalue weighted by atomic mass is 9.79. The quantitative estimate of drug-likeness (QED) is 0.0164. The molecule has 0 spiro atoms. The second kappa shape index (κ2) is 40.1. The van der Waals surface area contributed by atoms with E-state index in [2.05, 4.69) is 6.92 Å². The molecule has 2 aliphatic heterocycles. The molecular formula is C64H121NO24. The molecule has 2 rings (SSSR count). The molecule has 25 heteroatoms. The van der Waals surface area contributed by atoms with Crippen molar-refractivity contribution < 1.29 is 122 Å². The van der Waals surface area contributed by atoms with Crippen LogP contribution in [-0.2, 0) is 14.3 Å². The van der Waals surface area contributed by atoms with Crippen molar-refractivity contribution in [3.8, 4) is 0 Å². The average Bonchev–Trinajstić information content (AvgIpc) is 3.90. The molecule has 25 nitrogen and oxygen atoms in total. The highest BCUT2D eigenvalue weighted by Crippen LogP contribution is 2.36. The summed E-state index contributed by atoms with van der Waals surface area (Å²) in [5, 5.41) is 220. The summed E-state index contributed by atoms with van der Waals surface area (Å²) in [6, 6.07) is -0.614. The van der Waals surface area contributed by atoms with Gasteiger partial charge in [0.05, 0.1) is 91.5 Å². The lowest BCUT2D eigenvalue weighted by Crippen LogP contribution is -2.65. The number of allylic oxidation sites excluding steroid dienone is 2. The van der Waals surface area contributed by atoms with Gasteiger partial charge in [0.2, 0.25) is 0 Å². The maximum absolute atomic E-state index is 12.4. The van der Waals surface area contributed by atoms with Crippen molar-refractivity contribution in [2.75, 3.05) is 7.05 Å². The number of likely N-dealkylation sites (tertiary alicyclic amines) is 1. The SMILES string of the molecule is CC(=C\C(C)CC(C)CC(O)C(O)C(C)C(O)C(C)C(O)C(C)C(C)O)/C(O)=C1/C(=O)C(C)N(C)C1=O.CCCCCCCCCC(O)CC1(O)OC(CC(O)C(O)C(O)C(O)C(O)CC(O)CC(O)CC(O)C(C)C(O)C(C)C(O)CC)C(O)C(O)C1O. The van der Waals surface area contributed by atoms with Gasteiger partial charge in [0.1, 0.15) is 48.0 Å². The Morgan fingerprint density at radius 2 is 1.02 bits per heavy atom. The summed E-state index contributed by atoms with van der Waals surface area (Å²) in [6.07, 6.45) is -22.2. The number of likely N-dealkylation sites (N-methyl/N-ethyl adjacent to an activating group) is 1. The van der Waals surface area contributed by atoms with Crippen molar-refractivity contribution in [1.82, 2.24) is 4.90 Å². The standard InChI is InChI=1S/C36H72O16.C28H49NO8/c1-5-7-8-9-10-11-12-13-21(37)18-36(51)35(50)34(49)32(47)28(52-36)17-27(43)31(46)33(48)30(45)26(42)16-23(39)14-22(38)15-25(41)20(4)29(44)19(3)24(40)6-2;1-13(11-15(3)23(32)22-27(36)19(7)29(9)28(22)37)10-14(2)12-21(31)26(35)18(6)25(34)17(5)24(33)16(4)20(8)30/h19-35,37-51H,5-18H2,1-4H3;11,13-14,16-21,24-26,30-35H,10,12H2,1-9H3/b;15-11+,23-22+. The maximum Gasteiger partial charge on any atom is 0.261 e. The summed E-state index contributed by atoms with van der Waals surface area (Å²) in [6.45, 7) is 20.7. The van der Waals surface area contributed by atoms with Crippen LogP contribution in [0.5, 0.6) is 0 Å². The van der Waals surface area contributed by atoms with Crippen LogP contribution < -0.4 is 0 Å². The number of hydrogen-bond acceptors (Lipinski definition) is 24. The first-order valence-corrected chi connectivity index (χ1v) is 32.4. The molecule has 0 aliphatic carbocycles. The number of aliphatic hydroxyl groups is 21. The van der Waals surface area contributed by atoms with E-state index < -0.39 is 194 Å². The molecule has 526 valence electrons. The molecule has 0 aromatic rings. The minimum absolute atomic E-state index is 0.0259. The third-order valence-electron chi connectivity index (χ3n) is 18.9. The molecule has 0 bridgehead atoms. The molecule has 2 aliphatic rings. The molecule has 2 fully saturated rings. The molecular weight excluding hydrogens is 1170 g/mol. The van der Waals surface area contributed by atoms with Crippen molar-refractivity contribution >= 4 is 11.7 Å². The fourth-order valence-corrected chi connectivity index (χ4v) is 12.1. The number of carbonyl (C=O) groups is 2. The first kappa shape index (κ1) is 84.6. The molecule has 0 radical (unpaired) electrons. The van der Waals surface area contributed by atoms with Gasteiger partial charge in [-0.3, -0.25) is 9.59 Å². The zero-order valence-corrected chi connectivity index (χ0v) is 55.1. The highest BCUT2D eigenvalue weighted by Gasteiger charge is 2.54. The van der Waals surface area contributed by atoms with Gasteiger partial charge in [-0.1, -0.05) is 113 Å². The smallest absolute Gasteiger partial charge is 0.261 e. The highest BCUT2D eigenvalue weighted by atomic mass is 16.7. The third-order valence-corrected chi connectivity index (χ3v) is 18.9. The van der Waals surface area contributed by atoms with E-state index in [0.717, 1.165) is 38.5 Å². The molecule has 0 saturated carbocycles. The number of unbranched alkanes of at least 4 members (excludes halogenated alkanes) is 6.